The summed E-state index contributed by atoms with van der Waals surface area (Å²) in [7, 11) is 0. The molecule has 0 aromatic rings. The van der Waals surface area contributed by atoms with Gasteiger partial charge in [0, 0.05) is 0 Å². The molecular formula is C13H23NO3. The first-order chi connectivity index (χ1) is 7.86. The lowest BCUT2D eigenvalue weighted by Crippen LogP contribution is -2.65. The first kappa shape index (κ1) is 12.7. The maximum absolute atomic E-state index is 11.8. The van der Waals surface area contributed by atoms with Crippen molar-refractivity contribution < 1.29 is 14.6 Å². The lowest BCUT2D eigenvalue weighted by atomic mass is 9.61. The molecular weight excluding hydrogens is 218 g/mol. The highest BCUT2D eigenvalue weighted by molar-refractivity contribution is 5.69. The second kappa shape index (κ2) is 4.16. The minimum absolute atomic E-state index is 0.0212. The Kier molecular flexibility index (Phi) is 3.10. The maximum atomic E-state index is 11.8. The van der Waals surface area contributed by atoms with Crippen molar-refractivity contribution in [3.8, 4) is 0 Å². The highest BCUT2D eigenvalue weighted by Crippen LogP contribution is 2.53. The van der Waals surface area contributed by atoms with Crippen LogP contribution in [0.2, 0.25) is 0 Å². The quantitative estimate of drug-likeness (QED) is 0.778. The van der Waals surface area contributed by atoms with Crippen molar-refractivity contribution in [1.29, 1.82) is 0 Å². The summed E-state index contributed by atoms with van der Waals surface area (Å²) < 4.78 is 5.26. The van der Waals surface area contributed by atoms with E-state index in [4.69, 9.17) is 4.74 Å². The standard InChI is InChI=1S/C13H23NO3/c1-12(2,3)17-11(16)14-13(8-15)7-9-5-4-6-10(9)13/h9-10,15H,4-8H2,1-3H3,(H,14,16). The molecule has 2 aliphatic carbocycles. The van der Waals surface area contributed by atoms with Crippen molar-refractivity contribution in [2.24, 2.45) is 11.8 Å². The first-order valence-electron chi connectivity index (χ1n) is 6.48. The van der Waals surface area contributed by atoms with Crippen LogP contribution >= 0.6 is 0 Å². The van der Waals surface area contributed by atoms with Crippen LogP contribution in [0.1, 0.15) is 46.5 Å². The molecule has 2 N–H and O–H groups in total. The molecule has 2 aliphatic rings. The monoisotopic (exact) mass is 241 g/mol. The molecule has 0 spiro atoms. The SMILES string of the molecule is CC(C)(C)OC(=O)NC1(CO)CC2CCCC21. The zero-order valence-corrected chi connectivity index (χ0v) is 11.0. The average molecular weight is 241 g/mol. The Labute approximate surface area is 103 Å². The Morgan fingerprint density at radius 2 is 2.18 bits per heavy atom. The predicted octanol–water partition coefficient (Wildman–Crippen LogP) is 2.06. The number of amides is 1. The summed E-state index contributed by atoms with van der Waals surface area (Å²) in [4.78, 5) is 11.8. The molecule has 0 heterocycles. The Bertz CT molecular complexity index is 310. The minimum Gasteiger partial charge on any atom is -0.444 e. The summed E-state index contributed by atoms with van der Waals surface area (Å²) >= 11 is 0. The molecule has 0 radical (unpaired) electrons. The highest BCUT2D eigenvalue weighted by atomic mass is 16.6. The second-order valence-electron chi connectivity index (χ2n) is 6.44. The molecule has 1 amide bonds. The Balaban J connectivity index is 1.94. The van der Waals surface area contributed by atoms with E-state index in [9.17, 15) is 9.90 Å². The molecule has 2 saturated carbocycles. The number of hydrogen-bond donors (Lipinski definition) is 2. The van der Waals surface area contributed by atoms with E-state index in [1.54, 1.807) is 0 Å². The van der Waals surface area contributed by atoms with Crippen LogP contribution in [0, 0.1) is 11.8 Å². The number of nitrogens with one attached hydrogen (secondary N) is 1. The average Bonchev–Trinajstić information content (AvgIpc) is 2.54. The zero-order valence-electron chi connectivity index (χ0n) is 11.0. The third-order valence-corrected chi connectivity index (χ3v) is 4.03. The third-order valence-electron chi connectivity index (χ3n) is 4.03. The van der Waals surface area contributed by atoms with Gasteiger partial charge in [-0.2, -0.15) is 0 Å². The van der Waals surface area contributed by atoms with Gasteiger partial charge in [-0.25, -0.2) is 4.79 Å². The van der Waals surface area contributed by atoms with Crippen molar-refractivity contribution in [2.75, 3.05) is 6.61 Å². The molecule has 0 aromatic carbocycles. The van der Waals surface area contributed by atoms with Gasteiger partial charge in [-0.3, -0.25) is 0 Å². The molecule has 0 aliphatic heterocycles. The van der Waals surface area contributed by atoms with Gasteiger partial charge in [0.1, 0.15) is 5.60 Å². The van der Waals surface area contributed by atoms with E-state index in [1.165, 1.54) is 12.8 Å². The molecule has 17 heavy (non-hydrogen) atoms. The van der Waals surface area contributed by atoms with Crippen molar-refractivity contribution in [3.05, 3.63) is 0 Å². The molecule has 3 unspecified atom stereocenters. The van der Waals surface area contributed by atoms with E-state index in [1.807, 2.05) is 20.8 Å². The van der Waals surface area contributed by atoms with Crippen molar-refractivity contribution in [2.45, 2.75) is 57.6 Å². The molecule has 98 valence electrons. The molecule has 3 atom stereocenters. The van der Waals surface area contributed by atoms with Crippen molar-refractivity contribution >= 4 is 6.09 Å². The normalized spacial score (nSPS) is 36.0. The van der Waals surface area contributed by atoms with Gasteiger partial charge >= 0.3 is 6.09 Å². The Hall–Kier alpha value is -0.770. The van der Waals surface area contributed by atoms with Crippen LogP contribution < -0.4 is 5.32 Å². The van der Waals surface area contributed by atoms with E-state index in [0.29, 0.717) is 11.8 Å². The molecule has 4 nitrogen and oxygen atoms in total. The fourth-order valence-electron chi connectivity index (χ4n) is 3.34. The smallest absolute Gasteiger partial charge is 0.408 e. The van der Waals surface area contributed by atoms with Gasteiger partial charge in [0.25, 0.3) is 0 Å². The number of aliphatic hydroxyl groups is 1. The summed E-state index contributed by atoms with van der Waals surface area (Å²) in [6.45, 7) is 5.56. The third kappa shape index (κ3) is 2.41. The van der Waals surface area contributed by atoms with Gasteiger partial charge in [-0.1, -0.05) is 6.42 Å². The van der Waals surface area contributed by atoms with Crippen LogP contribution in [0.4, 0.5) is 4.79 Å². The Morgan fingerprint density at radius 3 is 2.71 bits per heavy atom. The lowest BCUT2D eigenvalue weighted by Gasteiger charge is -2.51. The number of carbonyl (C=O) groups excluding carboxylic acids is 1. The predicted molar refractivity (Wildman–Crippen MR) is 64.6 cm³/mol. The molecule has 0 bridgehead atoms. The van der Waals surface area contributed by atoms with Gasteiger partial charge in [-0.15, -0.1) is 0 Å². The number of rotatable bonds is 2. The summed E-state index contributed by atoms with van der Waals surface area (Å²) in [6.07, 6.45) is 4.06. The zero-order chi connectivity index (χ0) is 12.7. The molecule has 2 rings (SSSR count). The second-order valence-corrected chi connectivity index (χ2v) is 6.44. The number of fused-ring (bicyclic) bond motifs is 1. The maximum Gasteiger partial charge on any atom is 0.408 e. The summed E-state index contributed by atoms with van der Waals surface area (Å²) in [5.74, 6) is 1.14. The van der Waals surface area contributed by atoms with Gasteiger partial charge in [0.15, 0.2) is 0 Å². The number of aliphatic hydroxyl groups excluding tert-OH is 1. The summed E-state index contributed by atoms with van der Waals surface area (Å²) in [5.41, 5.74) is -0.900. The van der Waals surface area contributed by atoms with Crippen LogP contribution in [0.15, 0.2) is 0 Å². The Morgan fingerprint density at radius 1 is 1.47 bits per heavy atom. The van der Waals surface area contributed by atoms with Gasteiger partial charge < -0.3 is 15.2 Å². The fourth-order valence-corrected chi connectivity index (χ4v) is 3.34. The number of hydrogen-bond acceptors (Lipinski definition) is 3. The minimum atomic E-state index is -0.487. The molecule has 2 fully saturated rings. The summed E-state index contributed by atoms with van der Waals surface area (Å²) in [5, 5.41) is 12.5. The van der Waals surface area contributed by atoms with E-state index < -0.39 is 17.2 Å². The van der Waals surface area contributed by atoms with Crippen LogP contribution in [0.3, 0.4) is 0 Å². The van der Waals surface area contributed by atoms with Crippen LogP contribution in [0.5, 0.6) is 0 Å². The summed E-state index contributed by atoms with van der Waals surface area (Å²) in [6, 6.07) is 0. The first-order valence-corrected chi connectivity index (χ1v) is 6.48. The number of carbonyl (C=O) groups is 1. The van der Waals surface area contributed by atoms with E-state index in [-0.39, 0.29) is 6.61 Å². The van der Waals surface area contributed by atoms with E-state index in [0.717, 1.165) is 12.8 Å². The highest BCUT2D eigenvalue weighted by Gasteiger charge is 2.56. The van der Waals surface area contributed by atoms with Crippen LogP contribution in [-0.4, -0.2) is 28.9 Å². The van der Waals surface area contributed by atoms with Crippen LogP contribution in [-0.2, 0) is 4.74 Å². The van der Waals surface area contributed by atoms with Crippen LogP contribution in [0.25, 0.3) is 0 Å². The molecule has 4 heteroatoms. The molecule has 0 saturated heterocycles. The number of ether oxygens (including phenoxy) is 1. The van der Waals surface area contributed by atoms with Crippen molar-refractivity contribution in [3.63, 3.8) is 0 Å². The van der Waals surface area contributed by atoms with Crippen molar-refractivity contribution in [1.82, 2.24) is 5.32 Å². The van der Waals surface area contributed by atoms with Gasteiger partial charge in [-0.05, 0) is 51.9 Å². The molecule has 0 aromatic heterocycles. The fraction of sp³-hybridized carbons (Fsp3) is 0.923. The van der Waals surface area contributed by atoms with E-state index >= 15 is 0 Å². The largest absolute Gasteiger partial charge is 0.444 e. The van der Waals surface area contributed by atoms with E-state index in [2.05, 4.69) is 5.32 Å². The lowest BCUT2D eigenvalue weighted by molar-refractivity contribution is -0.0282. The van der Waals surface area contributed by atoms with Gasteiger partial charge in [0.2, 0.25) is 0 Å². The topological polar surface area (TPSA) is 58.6 Å². The number of alkyl carbamates (subject to hydrolysis) is 1. The van der Waals surface area contributed by atoms with Gasteiger partial charge in [0.05, 0.1) is 12.1 Å².